The molecule has 94 valence electrons. The third kappa shape index (κ3) is 5.10. The molecule has 17 heavy (non-hydrogen) atoms. The van der Waals surface area contributed by atoms with Gasteiger partial charge < -0.3 is 5.32 Å². The van der Waals surface area contributed by atoms with Crippen molar-refractivity contribution >= 4 is 17.0 Å². The summed E-state index contributed by atoms with van der Waals surface area (Å²) in [6.45, 7) is 4.51. The van der Waals surface area contributed by atoms with Crippen molar-refractivity contribution in [2.45, 2.75) is 13.8 Å². The summed E-state index contributed by atoms with van der Waals surface area (Å²) in [6.07, 6.45) is 0. The van der Waals surface area contributed by atoms with E-state index in [4.69, 9.17) is 4.18 Å². The Morgan fingerprint density at radius 1 is 1.35 bits per heavy atom. The van der Waals surface area contributed by atoms with Crippen molar-refractivity contribution in [3.63, 3.8) is 0 Å². The van der Waals surface area contributed by atoms with Gasteiger partial charge >= 0.3 is 0 Å². The molecule has 1 amide bonds. The van der Waals surface area contributed by atoms with Gasteiger partial charge in [0.05, 0.1) is 12.4 Å². The zero-order chi connectivity index (χ0) is 12.7. The number of nitrogens with one attached hydrogen (secondary N) is 1. The van der Waals surface area contributed by atoms with E-state index in [9.17, 15) is 9.00 Å². The highest BCUT2D eigenvalue weighted by molar-refractivity contribution is 7.80. The molecule has 0 heterocycles. The second-order valence-corrected chi connectivity index (χ2v) is 4.79. The van der Waals surface area contributed by atoms with E-state index >= 15 is 0 Å². The van der Waals surface area contributed by atoms with Crippen LogP contribution in [0.2, 0.25) is 0 Å². The maximum absolute atomic E-state index is 11.6. The van der Waals surface area contributed by atoms with E-state index in [2.05, 4.69) is 5.32 Å². The van der Waals surface area contributed by atoms with Crippen molar-refractivity contribution < 1.29 is 13.2 Å². The SMILES string of the molecule is CCOS(=O)CCNC(=O)c1ccc(C)cc1. The van der Waals surface area contributed by atoms with Gasteiger partial charge in [-0.2, -0.15) is 0 Å². The molecule has 1 unspecified atom stereocenters. The summed E-state index contributed by atoms with van der Waals surface area (Å²) >= 11 is -1.31. The van der Waals surface area contributed by atoms with Crippen LogP contribution >= 0.6 is 0 Å². The first kappa shape index (κ1) is 13.9. The van der Waals surface area contributed by atoms with E-state index in [-0.39, 0.29) is 5.91 Å². The molecule has 1 N–H and O–H groups in total. The van der Waals surface area contributed by atoms with Crippen LogP contribution in [-0.4, -0.2) is 29.0 Å². The lowest BCUT2D eigenvalue weighted by molar-refractivity contribution is 0.0956. The quantitative estimate of drug-likeness (QED) is 0.836. The summed E-state index contributed by atoms with van der Waals surface area (Å²) in [5, 5.41) is 2.70. The normalized spacial score (nSPS) is 12.1. The standard InChI is InChI=1S/C12H17NO3S/c1-3-16-17(15)9-8-13-12(14)11-6-4-10(2)5-7-11/h4-7H,3,8-9H2,1-2H3,(H,13,14). The summed E-state index contributed by atoms with van der Waals surface area (Å²) in [7, 11) is 0. The molecule has 0 fully saturated rings. The first-order chi connectivity index (χ1) is 8.13. The molecule has 0 bridgehead atoms. The number of rotatable bonds is 6. The van der Waals surface area contributed by atoms with Gasteiger partial charge in [-0.15, -0.1) is 0 Å². The van der Waals surface area contributed by atoms with E-state index in [1.54, 1.807) is 19.1 Å². The van der Waals surface area contributed by atoms with Crippen LogP contribution < -0.4 is 5.32 Å². The number of carbonyl (C=O) groups is 1. The topological polar surface area (TPSA) is 55.4 Å². The Labute approximate surface area is 104 Å². The van der Waals surface area contributed by atoms with Crippen molar-refractivity contribution in [1.82, 2.24) is 5.32 Å². The van der Waals surface area contributed by atoms with E-state index in [1.165, 1.54) is 0 Å². The van der Waals surface area contributed by atoms with Gasteiger partial charge in [0.2, 0.25) is 0 Å². The number of hydrogen-bond donors (Lipinski definition) is 1. The minimum absolute atomic E-state index is 0.154. The molecule has 0 saturated heterocycles. The first-order valence-corrected chi connectivity index (χ1v) is 6.74. The highest BCUT2D eigenvalue weighted by Gasteiger charge is 2.05. The predicted octanol–water partition coefficient (Wildman–Crippen LogP) is 1.43. The van der Waals surface area contributed by atoms with E-state index in [0.29, 0.717) is 24.5 Å². The smallest absolute Gasteiger partial charge is 0.251 e. The van der Waals surface area contributed by atoms with Gasteiger partial charge in [-0.1, -0.05) is 17.7 Å². The van der Waals surface area contributed by atoms with E-state index in [1.807, 2.05) is 19.1 Å². The summed E-state index contributed by atoms with van der Waals surface area (Å²) in [5.74, 6) is 0.157. The van der Waals surface area contributed by atoms with Gasteiger partial charge in [0.15, 0.2) is 11.1 Å². The number of aryl methyl sites for hydroxylation is 1. The maximum Gasteiger partial charge on any atom is 0.251 e. The molecule has 0 aliphatic heterocycles. The Hall–Kier alpha value is -1.20. The lowest BCUT2D eigenvalue weighted by Gasteiger charge is -2.05. The van der Waals surface area contributed by atoms with Gasteiger partial charge in [-0.25, -0.2) is 4.21 Å². The van der Waals surface area contributed by atoms with E-state index in [0.717, 1.165) is 5.56 Å². The maximum atomic E-state index is 11.6. The third-order valence-electron chi connectivity index (χ3n) is 2.12. The van der Waals surface area contributed by atoms with Crippen molar-refractivity contribution in [3.05, 3.63) is 35.4 Å². The molecule has 1 atom stereocenters. The molecule has 0 aliphatic carbocycles. The molecule has 0 spiro atoms. The Morgan fingerprint density at radius 2 is 2.00 bits per heavy atom. The van der Waals surface area contributed by atoms with Crippen LogP contribution in [-0.2, 0) is 15.3 Å². The molecule has 1 rings (SSSR count). The largest absolute Gasteiger partial charge is 0.351 e. The van der Waals surface area contributed by atoms with Crippen molar-refractivity contribution in [3.8, 4) is 0 Å². The van der Waals surface area contributed by atoms with Crippen LogP contribution in [0, 0.1) is 6.92 Å². The van der Waals surface area contributed by atoms with Crippen LogP contribution in [0.3, 0.4) is 0 Å². The van der Waals surface area contributed by atoms with Crippen LogP contribution in [0.15, 0.2) is 24.3 Å². The Morgan fingerprint density at radius 3 is 2.59 bits per heavy atom. The monoisotopic (exact) mass is 255 g/mol. The summed E-state index contributed by atoms with van der Waals surface area (Å²) in [4.78, 5) is 11.6. The highest BCUT2D eigenvalue weighted by atomic mass is 32.2. The van der Waals surface area contributed by atoms with Crippen LogP contribution in [0.4, 0.5) is 0 Å². The zero-order valence-electron chi connectivity index (χ0n) is 10.1. The number of amides is 1. The van der Waals surface area contributed by atoms with Gasteiger partial charge in [-0.3, -0.25) is 8.98 Å². The average Bonchev–Trinajstić information content (AvgIpc) is 2.30. The summed E-state index contributed by atoms with van der Waals surface area (Å²) < 4.78 is 16.0. The Balaban J connectivity index is 2.35. The van der Waals surface area contributed by atoms with Crippen LogP contribution in [0.25, 0.3) is 0 Å². The van der Waals surface area contributed by atoms with Gasteiger partial charge in [0.1, 0.15) is 0 Å². The lowest BCUT2D eigenvalue weighted by atomic mass is 10.1. The number of carbonyl (C=O) groups excluding carboxylic acids is 1. The fraction of sp³-hybridized carbons (Fsp3) is 0.417. The van der Waals surface area contributed by atoms with Crippen molar-refractivity contribution in [1.29, 1.82) is 0 Å². The second-order valence-electron chi connectivity index (χ2n) is 3.54. The molecule has 4 nitrogen and oxygen atoms in total. The van der Waals surface area contributed by atoms with Gasteiger partial charge in [0.25, 0.3) is 5.91 Å². The summed E-state index contributed by atoms with van der Waals surface area (Å²) in [6, 6.07) is 7.30. The van der Waals surface area contributed by atoms with Crippen LogP contribution in [0.1, 0.15) is 22.8 Å². The minimum atomic E-state index is -1.31. The fourth-order valence-corrected chi connectivity index (χ4v) is 1.89. The van der Waals surface area contributed by atoms with Crippen molar-refractivity contribution in [2.24, 2.45) is 0 Å². The molecule has 1 aromatic carbocycles. The molecular formula is C12H17NO3S. The van der Waals surface area contributed by atoms with Gasteiger partial charge in [-0.05, 0) is 26.0 Å². The zero-order valence-corrected chi connectivity index (χ0v) is 10.9. The third-order valence-corrected chi connectivity index (χ3v) is 3.15. The average molecular weight is 255 g/mol. The molecule has 0 radical (unpaired) electrons. The minimum Gasteiger partial charge on any atom is -0.351 e. The lowest BCUT2D eigenvalue weighted by Crippen LogP contribution is -2.28. The number of benzene rings is 1. The number of hydrogen-bond acceptors (Lipinski definition) is 3. The first-order valence-electron chi connectivity index (χ1n) is 5.50. The molecule has 0 saturated carbocycles. The van der Waals surface area contributed by atoms with Crippen molar-refractivity contribution in [2.75, 3.05) is 18.9 Å². The highest BCUT2D eigenvalue weighted by Crippen LogP contribution is 2.02. The molecule has 5 heteroatoms. The Kier molecular flexibility index (Phi) is 5.86. The summed E-state index contributed by atoms with van der Waals surface area (Å²) in [5.41, 5.74) is 1.72. The molecular weight excluding hydrogens is 238 g/mol. The molecule has 1 aromatic rings. The fourth-order valence-electron chi connectivity index (χ4n) is 1.25. The van der Waals surface area contributed by atoms with Crippen LogP contribution in [0.5, 0.6) is 0 Å². The molecule has 0 aromatic heterocycles. The van der Waals surface area contributed by atoms with Gasteiger partial charge in [0, 0.05) is 12.1 Å². The second kappa shape index (κ2) is 7.19. The molecule has 0 aliphatic rings. The van der Waals surface area contributed by atoms with E-state index < -0.39 is 11.1 Å². The Bertz CT molecular complexity index is 389. The predicted molar refractivity (Wildman–Crippen MR) is 68.1 cm³/mol.